The van der Waals surface area contributed by atoms with Crippen LogP contribution in [0.25, 0.3) is 10.9 Å². The van der Waals surface area contributed by atoms with Crippen LogP contribution >= 0.6 is 0 Å². The molecule has 1 saturated heterocycles. The smallest absolute Gasteiger partial charge is 0.214 e. The van der Waals surface area contributed by atoms with Gasteiger partial charge in [-0.3, -0.25) is 14.3 Å². The Bertz CT molecular complexity index is 1080. The van der Waals surface area contributed by atoms with Gasteiger partial charge in [0, 0.05) is 37.1 Å². The number of aromatic hydroxyl groups is 1. The highest BCUT2D eigenvalue weighted by Gasteiger charge is 2.31. The molecule has 27 heavy (non-hydrogen) atoms. The number of hydrogen-bond donors (Lipinski definition) is 2. The van der Waals surface area contributed by atoms with E-state index in [1.807, 2.05) is 47.0 Å². The maximum atomic E-state index is 12.9. The summed E-state index contributed by atoms with van der Waals surface area (Å²) < 4.78 is 1.88. The second kappa shape index (κ2) is 6.33. The Balaban J connectivity index is 1.64. The highest BCUT2D eigenvalue weighted by molar-refractivity contribution is 6.56. The van der Waals surface area contributed by atoms with Crippen LogP contribution in [0.3, 0.4) is 0 Å². The predicted molar refractivity (Wildman–Crippen MR) is 105 cm³/mol. The minimum atomic E-state index is -0.133. The Morgan fingerprint density at radius 3 is 2.59 bits per heavy atom. The van der Waals surface area contributed by atoms with Crippen molar-refractivity contribution in [3.8, 4) is 5.88 Å². The van der Waals surface area contributed by atoms with Crippen molar-refractivity contribution in [2.45, 2.75) is 6.67 Å². The number of Topliss-reactive ketones (excluding diaryl/α,β-unsaturated/α-hetero) is 1. The Morgan fingerprint density at radius 2 is 1.78 bits per heavy atom. The van der Waals surface area contributed by atoms with E-state index in [1.165, 1.54) is 0 Å². The number of aliphatic imine (C=N–C) groups is 1. The summed E-state index contributed by atoms with van der Waals surface area (Å²) in [4.78, 5) is 19.8. The summed E-state index contributed by atoms with van der Waals surface area (Å²) in [5, 5.41) is 15.3. The van der Waals surface area contributed by atoms with Crippen LogP contribution in [0.1, 0.15) is 15.9 Å². The van der Waals surface area contributed by atoms with E-state index in [0.717, 1.165) is 37.1 Å². The number of carbonyl (C=O) groups is 1. The van der Waals surface area contributed by atoms with E-state index in [4.69, 9.17) is 0 Å². The second-order valence-corrected chi connectivity index (χ2v) is 6.96. The zero-order chi connectivity index (χ0) is 18.4. The van der Waals surface area contributed by atoms with Crippen LogP contribution in [0.15, 0.2) is 53.5 Å². The lowest BCUT2D eigenvalue weighted by Crippen LogP contribution is -2.43. The molecule has 1 aromatic heterocycles. The summed E-state index contributed by atoms with van der Waals surface area (Å²) in [5.74, 6) is -0.0272. The van der Waals surface area contributed by atoms with E-state index in [9.17, 15) is 9.90 Å². The lowest BCUT2D eigenvalue weighted by molar-refractivity contribution is 0.107. The number of hydrogen-bond acceptors (Lipinski definition) is 5. The first-order chi connectivity index (χ1) is 13.2. The first kappa shape index (κ1) is 16.2. The van der Waals surface area contributed by atoms with Gasteiger partial charge >= 0.3 is 0 Å². The fourth-order valence-electron chi connectivity index (χ4n) is 3.95. The molecule has 2 aromatic carbocycles. The van der Waals surface area contributed by atoms with Crippen molar-refractivity contribution < 1.29 is 9.90 Å². The zero-order valence-corrected chi connectivity index (χ0v) is 14.9. The van der Waals surface area contributed by atoms with Crippen molar-refractivity contribution in [2.75, 3.05) is 26.2 Å². The highest BCUT2D eigenvalue weighted by Crippen LogP contribution is 2.37. The Kier molecular flexibility index (Phi) is 3.81. The molecule has 3 aromatic rings. The van der Waals surface area contributed by atoms with E-state index >= 15 is 0 Å². The number of rotatable bonds is 3. The molecule has 0 radical (unpaired) electrons. The van der Waals surface area contributed by atoms with Gasteiger partial charge in [0.1, 0.15) is 5.71 Å². The highest BCUT2D eigenvalue weighted by atomic mass is 16.3. The molecule has 2 N–H and O–H groups in total. The van der Waals surface area contributed by atoms with E-state index < -0.39 is 0 Å². The number of nitrogens with zero attached hydrogens (tertiary/aromatic N) is 3. The van der Waals surface area contributed by atoms with Crippen LogP contribution in [-0.2, 0) is 6.67 Å². The van der Waals surface area contributed by atoms with Crippen molar-refractivity contribution in [1.82, 2.24) is 14.8 Å². The van der Waals surface area contributed by atoms with Gasteiger partial charge in [-0.15, -0.1) is 0 Å². The molecule has 1 fully saturated rings. The number of aromatic nitrogens is 1. The Hall–Kier alpha value is -2.96. The van der Waals surface area contributed by atoms with E-state index in [2.05, 4.69) is 15.2 Å². The molecule has 0 unspecified atom stereocenters. The van der Waals surface area contributed by atoms with Crippen LogP contribution in [0, 0.1) is 0 Å². The zero-order valence-electron chi connectivity index (χ0n) is 14.9. The molecule has 0 amide bonds. The molecular weight excluding hydrogens is 340 g/mol. The van der Waals surface area contributed by atoms with Crippen LogP contribution in [0.4, 0.5) is 5.69 Å². The van der Waals surface area contributed by atoms with Crippen molar-refractivity contribution in [1.29, 1.82) is 0 Å². The number of ketones is 1. The SMILES string of the molecule is O=C1C(c2c(O)n(CN3CCNCC3)c3ccccc23)=Nc2ccccc21. The van der Waals surface area contributed by atoms with Crippen molar-refractivity contribution >= 4 is 28.1 Å². The molecule has 2 aliphatic rings. The van der Waals surface area contributed by atoms with E-state index in [1.54, 1.807) is 6.07 Å². The lowest BCUT2D eigenvalue weighted by atomic mass is 10.0. The minimum absolute atomic E-state index is 0.106. The van der Waals surface area contributed by atoms with Gasteiger partial charge < -0.3 is 10.4 Å². The summed E-state index contributed by atoms with van der Waals surface area (Å²) in [6.07, 6.45) is 0. The average Bonchev–Trinajstić information content (AvgIpc) is 3.18. The Labute approximate surface area is 156 Å². The Morgan fingerprint density at radius 1 is 1.04 bits per heavy atom. The van der Waals surface area contributed by atoms with E-state index in [0.29, 0.717) is 29.2 Å². The molecule has 5 rings (SSSR count). The molecule has 6 heteroatoms. The average molecular weight is 360 g/mol. The number of fused-ring (bicyclic) bond motifs is 2. The third-order valence-corrected chi connectivity index (χ3v) is 5.33. The van der Waals surface area contributed by atoms with Gasteiger partial charge in [0.05, 0.1) is 23.4 Å². The molecule has 6 nitrogen and oxygen atoms in total. The van der Waals surface area contributed by atoms with E-state index in [-0.39, 0.29) is 11.7 Å². The second-order valence-electron chi connectivity index (χ2n) is 6.96. The molecular formula is C21H20N4O2. The molecule has 0 aliphatic carbocycles. The number of para-hydroxylation sites is 2. The van der Waals surface area contributed by atoms with Crippen molar-refractivity contribution in [3.63, 3.8) is 0 Å². The van der Waals surface area contributed by atoms with Gasteiger partial charge in [-0.1, -0.05) is 30.3 Å². The fraction of sp³-hybridized carbons (Fsp3) is 0.238. The maximum Gasteiger partial charge on any atom is 0.214 e. The topological polar surface area (TPSA) is 69.9 Å². The number of piperazine rings is 1. The van der Waals surface area contributed by atoms with Gasteiger partial charge in [0.15, 0.2) is 0 Å². The van der Waals surface area contributed by atoms with Gasteiger partial charge in [0.25, 0.3) is 0 Å². The third kappa shape index (κ3) is 2.57. The third-order valence-electron chi connectivity index (χ3n) is 5.33. The summed E-state index contributed by atoms with van der Waals surface area (Å²) in [7, 11) is 0. The van der Waals surface area contributed by atoms with Gasteiger partial charge in [-0.2, -0.15) is 0 Å². The first-order valence-electron chi connectivity index (χ1n) is 9.20. The quantitative estimate of drug-likeness (QED) is 0.753. The molecule has 136 valence electrons. The fourth-order valence-corrected chi connectivity index (χ4v) is 3.95. The molecule has 0 spiro atoms. The van der Waals surface area contributed by atoms with Crippen LogP contribution < -0.4 is 5.32 Å². The largest absolute Gasteiger partial charge is 0.494 e. The maximum absolute atomic E-state index is 12.9. The van der Waals surface area contributed by atoms with Gasteiger partial charge in [-0.25, -0.2) is 4.99 Å². The summed E-state index contributed by atoms with van der Waals surface area (Å²) in [5.41, 5.74) is 3.02. The number of carbonyl (C=O) groups excluding carboxylic acids is 1. The standard InChI is InChI=1S/C21H20N4O2/c26-20-14-5-1-3-7-16(14)23-19(20)18-15-6-2-4-8-17(15)25(21(18)27)13-24-11-9-22-10-12-24/h1-8,22,27H,9-13H2. The lowest BCUT2D eigenvalue weighted by Gasteiger charge is -2.28. The van der Waals surface area contributed by atoms with Gasteiger partial charge in [-0.05, 0) is 18.2 Å². The van der Waals surface area contributed by atoms with Crippen LogP contribution in [0.2, 0.25) is 0 Å². The molecule has 3 heterocycles. The molecule has 0 saturated carbocycles. The molecule has 0 bridgehead atoms. The van der Waals surface area contributed by atoms with Crippen LogP contribution in [-0.4, -0.2) is 52.2 Å². The summed E-state index contributed by atoms with van der Waals surface area (Å²) in [6, 6.07) is 15.1. The summed E-state index contributed by atoms with van der Waals surface area (Å²) in [6.45, 7) is 4.31. The minimum Gasteiger partial charge on any atom is -0.494 e. The van der Waals surface area contributed by atoms with Gasteiger partial charge in [0.2, 0.25) is 11.7 Å². The van der Waals surface area contributed by atoms with Crippen LogP contribution in [0.5, 0.6) is 5.88 Å². The monoisotopic (exact) mass is 360 g/mol. The number of benzene rings is 2. The van der Waals surface area contributed by atoms with Crippen molar-refractivity contribution in [2.24, 2.45) is 4.99 Å². The first-order valence-corrected chi connectivity index (χ1v) is 9.20. The number of nitrogens with one attached hydrogen (secondary N) is 1. The molecule has 2 aliphatic heterocycles. The predicted octanol–water partition coefficient (Wildman–Crippen LogP) is 2.53. The molecule has 0 atom stereocenters. The van der Waals surface area contributed by atoms with Crippen molar-refractivity contribution in [3.05, 3.63) is 59.7 Å². The normalized spacial score (nSPS) is 17.3. The summed E-state index contributed by atoms with van der Waals surface area (Å²) >= 11 is 0.